The second kappa shape index (κ2) is 7.37. The lowest BCUT2D eigenvalue weighted by atomic mass is 9.84. The number of rotatable bonds is 9. The van der Waals surface area contributed by atoms with E-state index in [2.05, 4.69) is 26.1 Å². The van der Waals surface area contributed by atoms with Crippen LogP contribution in [0.3, 0.4) is 0 Å². The van der Waals surface area contributed by atoms with Crippen molar-refractivity contribution in [2.24, 2.45) is 5.41 Å². The van der Waals surface area contributed by atoms with Crippen molar-refractivity contribution in [3.05, 3.63) is 0 Å². The molecule has 1 unspecified atom stereocenters. The van der Waals surface area contributed by atoms with Gasteiger partial charge in [0.15, 0.2) is 9.84 Å². The second-order valence-corrected chi connectivity index (χ2v) is 8.18. The van der Waals surface area contributed by atoms with Crippen LogP contribution < -0.4 is 5.32 Å². The van der Waals surface area contributed by atoms with Crippen LogP contribution in [0, 0.1) is 5.41 Å². The molecule has 0 aliphatic heterocycles. The topological polar surface area (TPSA) is 46.2 Å². The van der Waals surface area contributed by atoms with E-state index < -0.39 is 9.84 Å². The highest BCUT2D eigenvalue weighted by Crippen LogP contribution is 2.26. The molecule has 3 nitrogen and oxygen atoms in total. The predicted octanol–water partition coefficient (Wildman–Crippen LogP) is 2.62. The molecule has 1 N–H and O–H groups in total. The summed E-state index contributed by atoms with van der Waals surface area (Å²) in [7, 11) is -2.90. The van der Waals surface area contributed by atoms with Crippen molar-refractivity contribution in [2.75, 3.05) is 18.8 Å². The van der Waals surface area contributed by atoms with Crippen LogP contribution in [0.5, 0.6) is 0 Å². The minimum absolute atomic E-state index is 0.0944. The lowest BCUT2D eigenvalue weighted by molar-refractivity contribution is 0.282. The summed E-state index contributed by atoms with van der Waals surface area (Å²) in [6, 6.07) is 0. The Morgan fingerprint density at radius 1 is 1.24 bits per heavy atom. The Bertz CT molecular complexity index is 299. The smallest absolute Gasteiger partial charge is 0.152 e. The summed E-state index contributed by atoms with van der Waals surface area (Å²) >= 11 is 0. The van der Waals surface area contributed by atoms with E-state index in [-0.39, 0.29) is 10.7 Å². The molecular weight excluding hydrogens is 234 g/mol. The van der Waals surface area contributed by atoms with Crippen molar-refractivity contribution in [1.82, 2.24) is 5.32 Å². The molecule has 1 atom stereocenters. The highest BCUT2D eigenvalue weighted by molar-refractivity contribution is 7.91. The van der Waals surface area contributed by atoms with Gasteiger partial charge in [0.1, 0.15) is 0 Å². The van der Waals surface area contributed by atoms with E-state index in [1.807, 2.05) is 0 Å². The quantitative estimate of drug-likeness (QED) is 0.650. The first kappa shape index (κ1) is 16.9. The van der Waals surface area contributed by atoms with Gasteiger partial charge in [-0.25, -0.2) is 8.42 Å². The van der Waals surface area contributed by atoms with Gasteiger partial charge in [-0.05, 0) is 45.1 Å². The Labute approximate surface area is 107 Å². The van der Waals surface area contributed by atoms with E-state index in [0.29, 0.717) is 5.75 Å². The largest absolute Gasteiger partial charge is 0.316 e. The maximum atomic E-state index is 11.8. The molecule has 4 heteroatoms. The van der Waals surface area contributed by atoms with Crippen LogP contribution in [0.4, 0.5) is 0 Å². The van der Waals surface area contributed by atoms with Crippen molar-refractivity contribution in [3.8, 4) is 0 Å². The Morgan fingerprint density at radius 3 is 2.24 bits per heavy atom. The fraction of sp³-hybridized carbons (Fsp3) is 1.00. The van der Waals surface area contributed by atoms with Crippen molar-refractivity contribution in [1.29, 1.82) is 0 Å². The maximum absolute atomic E-state index is 11.8. The highest BCUT2D eigenvalue weighted by atomic mass is 32.2. The number of nitrogens with one attached hydrogen (secondary N) is 1. The first-order valence-electron chi connectivity index (χ1n) is 6.69. The molecule has 0 heterocycles. The van der Waals surface area contributed by atoms with Gasteiger partial charge in [-0.3, -0.25) is 0 Å². The zero-order valence-corrected chi connectivity index (χ0v) is 12.9. The standard InChI is InChI=1S/C13H29NO2S/c1-6-9-14-11-13(5,7-2)8-10-17(15,16)12(3)4/h12,14H,6-11H2,1-5H3. The molecule has 17 heavy (non-hydrogen) atoms. The Kier molecular flexibility index (Phi) is 7.33. The third kappa shape index (κ3) is 6.41. The molecular formula is C13H29NO2S. The average Bonchev–Trinajstić information content (AvgIpc) is 2.27. The molecule has 104 valence electrons. The van der Waals surface area contributed by atoms with Gasteiger partial charge < -0.3 is 5.32 Å². The van der Waals surface area contributed by atoms with Gasteiger partial charge in [0.2, 0.25) is 0 Å². The Morgan fingerprint density at radius 2 is 1.82 bits per heavy atom. The molecule has 0 amide bonds. The van der Waals surface area contributed by atoms with Gasteiger partial charge in [-0.2, -0.15) is 0 Å². The minimum atomic E-state index is -2.90. The highest BCUT2D eigenvalue weighted by Gasteiger charge is 2.26. The van der Waals surface area contributed by atoms with E-state index in [1.54, 1.807) is 13.8 Å². The monoisotopic (exact) mass is 263 g/mol. The zero-order valence-electron chi connectivity index (χ0n) is 12.0. The third-order valence-corrected chi connectivity index (χ3v) is 5.75. The van der Waals surface area contributed by atoms with Crippen molar-refractivity contribution in [3.63, 3.8) is 0 Å². The van der Waals surface area contributed by atoms with Crippen LogP contribution in [0.25, 0.3) is 0 Å². The van der Waals surface area contributed by atoms with E-state index in [9.17, 15) is 8.42 Å². The zero-order chi connectivity index (χ0) is 13.5. The fourth-order valence-corrected chi connectivity index (χ4v) is 2.83. The average molecular weight is 263 g/mol. The fourth-order valence-electron chi connectivity index (χ4n) is 1.58. The summed E-state index contributed by atoms with van der Waals surface area (Å²) in [6.07, 6.45) is 2.88. The molecule has 0 radical (unpaired) electrons. The van der Waals surface area contributed by atoms with Crippen LogP contribution in [-0.2, 0) is 9.84 Å². The number of hydrogen-bond acceptors (Lipinski definition) is 3. The third-order valence-electron chi connectivity index (χ3n) is 3.54. The van der Waals surface area contributed by atoms with Crippen LogP contribution in [0.15, 0.2) is 0 Å². The van der Waals surface area contributed by atoms with E-state index in [4.69, 9.17) is 0 Å². The molecule has 0 rings (SSSR count). The lowest BCUT2D eigenvalue weighted by Crippen LogP contribution is -2.34. The number of sulfone groups is 1. The van der Waals surface area contributed by atoms with Crippen LogP contribution in [0.1, 0.15) is 53.9 Å². The summed E-state index contributed by atoms with van der Waals surface area (Å²) in [5.41, 5.74) is 0.0944. The second-order valence-electron chi connectivity index (χ2n) is 5.51. The molecule has 0 aromatic carbocycles. The van der Waals surface area contributed by atoms with Gasteiger partial charge in [0, 0.05) is 6.54 Å². The van der Waals surface area contributed by atoms with Crippen LogP contribution in [-0.4, -0.2) is 32.5 Å². The molecule has 0 spiro atoms. The molecule has 0 fully saturated rings. The summed E-state index contributed by atoms with van der Waals surface area (Å²) in [5, 5.41) is 3.14. The molecule has 0 aromatic rings. The maximum Gasteiger partial charge on any atom is 0.152 e. The minimum Gasteiger partial charge on any atom is -0.316 e. The van der Waals surface area contributed by atoms with Crippen molar-refractivity contribution in [2.45, 2.75) is 59.1 Å². The van der Waals surface area contributed by atoms with Crippen molar-refractivity contribution < 1.29 is 8.42 Å². The molecule has 0 aromatic heterocycles. The van der Waals surface area contributed by atoms with Crippen molar-refractivity contribution >= 4 is 9.84 Å². The van der Waals surface area contributed by atoms with Crippen LogP contribution in [0.2, 0.25) is 0 Å². The molecule has 0 saturated carbocycles. The molecule has 0 aliphatic rings. The molecule has 0 aliphatic carbocycles. The SMILES string of the molecule is CCCNCC(C)(CC)CCS(=O)(=O)C(C)C. The summed E-state index contributed by atoms with van der Waals surface area (Å²) < 4.78 is 23.6. The summed E-state index contributed by atoms with van der Waals surface area (Å²) in [6.45, 7) is 11.9. The van der Waals surface area contributed by atoms with Gasteiger partial charge in [0.05, 0.1) is 11.0 Å². The van der Waals surface area contributed by atoms with Gasteiger partial charge in [-0.15, -0.1) is 0 Å². The Balaban J connectivity index is 4.29. The predicted molar refractivity (Wildman–Crippen MR) is 75.1 cm³/mol. The van der Waals surface area contributed by atoms with Crippen LogP contribution >= 0.6 is 0 Å². The molecule has 0 bridgehead atoms. The molecule has 0 saturated heterocycles. The summed E-state index contributed by atoms with van der Waals surface area (Å²) in [5.74, 6) is 0.308. The van der Waals surface area contributed by atoms with E-state index in [1.165, 1.54) is 0 Å². The van der Waals surface area contributed by atoms with E-state index in [0.717, 1.165) is 32.4 Å². The van der Waals surface area contributed by atoms with Gasteiger partial charge in [0.25, 0.3) is 0 Å². The lowest BCUT2D eigenvalue weighted by Gasteiger charge is -2.29. The van der Waals surface area contributed by atoms with Gasteiger partial charge in [-0.1, -0.05) is 20.8 Å². The number of hydrogen-bond donors (Lipinski definition) is 1. The summed E-state index contributed by atoms with van der Waals surface area (Å²) in [4.78, 5) is 0. The van der Waals surface area contributed by atoms with Gasteiger partial charge >= 0.3 is 0 Å². The Hall–Kier alpha value is -0.0900. The first-order chi connectivity index (χ1) is 7.77. The first-order valence-corrected chi connectivity index (χ1v) is 8.41. The van der Waals surface area contributed by atoms with E-state index >= 15 is 0 Å². The normalized spacial score (nSPS) is 16.1.